The number of aliphatic carboxylic acids is 1. The minimum atomic E-state index is -0.792. The van der Waals surface area contributed by atoms with Crippen LogP contribution in [0.2, 0.25) is 0 Å². The van der Waals surface area contributed by atoms with Crippen molar-refractivity contribution in [2.75, 3.05) is 6.54 Å². The maximum atomic E-state index is 11.0. The number of carboxylic acid groups (broad SMARTS) is 1. The lowest BCUT2D eigenvalue weighted by Gasteiger charge is -2.32. The van der Waals surface area contributed by atoms with Gasteiger partial charge in [0.1, 0.15) is 11.5 Å². The van der Waals surface area contributed by atoms with Crippen LogP contribution in [0.1, 0.15) is 50.3 Å². The van der Waals surface area contributed by atoms with Crippen LogP contribution in [0.15, 0.2) is 10.5 Å². The number of rotatable bonds is 6. The molecule has 1 aromatic heterocycles. The van der Waals surface area contributed by atoms with Gasteiger partial charge in [-0.2, -0.15) is 0 Å². The van der Waals surface area contributed by atoms with E-state index in [2.05, 4.69) is 13.8 Å². The number of furan rings is 1. The summed E-state index contributed by atoms with van der Waals surface area (Å²) in [5.74, 6) is 0.951. The summed E-state index contributed by atoms with van der Waals surface area (Å²) in [5, 5.41) is 9.03. The normalized spacial score (nSPS) is 14.8. The number of hydrogen-bond donors (Lipinski definition) is 1. The van der Waals surface area contributed by atoms with E-state index in [4.69, 9.17) is 9.52 Å². The van der Waals surface area contributed by atoms with Crippen LogP contribution >= 0.6 is 0 Å². The first-order valence-electron chi connectivity index (χ1n) is 6.41. The van der Waals surface area contributed by atoms with E-state index in [1.54, 1.807) is 0 Å². The van der Waals surface area contributed by atoms with E-state index in [0.717, 1.165) is 23.5 Å². The summed E-state index contributed by atoms with van der Waals surface area (Å²) in [6, 6.07) is 2.27. The quantitative estimate of drug-likeness (QED) is 0.846. The highest BCUT2D eigenvalue weighted by Gasteiger charge is 2.25. The molecule has 0 aliphatic rings. The van der Waals surface area contributed by atoms with Crippen molar-refractivity contribution in [3.8, 4) is 0 Å². The Labute approximate surface area is 109 Å². The van der Waals surface area contributed by atoms with E-state index in [9.17, 15) is 4.79 Å². The molecule has 1 rings (SSSR count). The van der Waals surface area contributed by atoms with Crippen LogP contribution < -0.4 is 0 Å². The molecule has 1 N–H and O–H groups in total. The molecule has 2 atom stereocenters. The molecule has 0 fully saturated rings. The second-order valence-corrected chi connectivity index (χ2v) is 4.87. The predicted octanol–water partition coefficient (Wildman–Crippen LogP) is 3.14. The number of hydrogen-bond acceptors (Lipinski definition) is 3. The second-order valence-electron chi connectivity index (χ2n) is 4.87. The van der Waals surface area contributed by atoms with E-state index in [-0.39, 0.29) is 18.6 Å². The van der Waals surface area contributed by atoms with E-state index >= 15 is 0 Å². The smallest absolute Gasteiger partial charge is 0.317 e. The number of nitrogens with zero attached hydrogens (tertiary/aromatic N) is 1. The van der Waals surface area contributed by atoms with Gasteiger partial charge in [-0.25, -0.2) is 0 Å². The van der Waals surface area contributed by atoms with Gasteiger partial charge in [0.05, 0.1) is 6.54 Å². The van der Waals surface area contributed by atoms with E-state index in [1.807, 2.05) is 31.7 Å². The number of aryl methyl sites for hydroxylation is 2. The van der Waals surface area contributed by atoms with Crippen molar-refractivity contribution in [3.05, 3.63) is 23.2 Å². The lowest BCUT2D eigenvalue weighted by molar-refractivity contribution is -0.139. The minimum Gasteiger partial charge on any atom is -0.480 e. The molecule has 4 heteroatoms. The van der Waals surface area contributed by atoms with Gasteiger partial charge < -0.3 is 9.52 Å². The Kier molecular flexibility index (Phi) is 4.96. The average Bonchev–Trinajstić information content (AvgIpc) is 2.63. The van der Waals surface area contributed by atoms with Crippen LogP contribution in [-0.4, -0.2) is 28.6 Å². The fourth-order valence-corrected chi connectivity index (χ4v) is 2.31. The lowest BCUT2D eigenvalue weighted by Crippen LogP contribution is -2.39. The predicted molar refractivity (Wildman–Crippen MR) is 70.7 cm³/mol. The van der Waals surface area contributed by atoms with Crippen molar-refractivity contribution < 1.29 is 14.3 Å². The lowest BCUT2D eigenvalue weighted by atomic mass is 10.0. The largest absolute Gasteiger partial charge is 0.480 e. The first-order chi connectivity index (χ1) is 8.36. The van der Waals surface area contributed by atoms with Crippen molar-refractivity contribution in [3.63, 3.8) is 0 Å². The average molecular weight is 253 g/mol. The van der Waals surface area contributed by atoms with Crippen molar-refractivity contribution in [1.82, 2.24) is 4.90 Å². The van der Waals surface area contributed by atoms with Gasteiger partial charge in [-0.1, -0.05) is 6.92 Å². The van der Waals surface area contributed by atoms with Gasteiger partial charge in [0.25, 0.3) is 0 Å². The number of carboxylic acids is 1. The summed E-state index contributed by atoms with van der Waals surface area (Å²) in [5.41, 5.74) is 1.08. The molecular formula is C14H23NO3. The van der Waals surface area contributed by atoms with Gasteiger partial charge >= 0.3 is 5.97 Å². The summed E-state index contributed by atoms with van der Waals surface area (Å²) < 4.78 is 5.53. The topological polar surface area (TPSA) is 53.7 Å². The van der Waals surface area contributed by atoms with Crippen LogP contribution in [0.25, 0.3) is 0 Å². The molecule has 0 saturated carbocycles. The third-order valence-corrected chi connectivity index (χ3v) is 3.50. The fourth-order valence-electron chi connectivity index (χ4n) is 2.31. The molecule has 4 nitrogen and oxygen atoms in total. The third kappa shape index (κ3) is 3.35. The maximum absolute atomic E-state index is 11.0. The molecular weight excluding hydrogens is 230 g/mol. The molecule has 0 aliphatic heterocycles. The van der Waals surface area contributed by atoms with Gasteiger partial charge in [0.15, 0.2) is 0 Å². The van der Waals surface area contributed by atoms with Gasteiger partial charge in [-0.05, 0) is 40.2 Å². The molecule has 0 radical (unpaired) electrons. The molecule has 102 valence electrons. The molecule has 2 unspecified atom stereocenters. The molecule has 1 heterocycles. The van der Waals surface area contributed by atoms with Gasteiger partial charge in [-0.15, -0.1) is 0 Å². The molecule has 0 bridgehead atoms. The summed E-state index contributed by atoms with van der Waals surface area (Å²) >= 11 is 0. The summed E-state index contributed by atoms with van der Waals surface area (Å²) in [4.78, 5) is 13.0. The summed E-state index contributed by atoms with van der Waals surface area (Å²) in [6.45, 7) is 10.1. The Hall–Kier alpha value is -1.29. The summed E-state index contributed by atoms with van der Waals surface area (Å²) in [7, 11) is 0. The molecule has 1 aromatic rings. The Balaban J connectivity index is 2.97. The molecule has 0 aliphatic carbocycles. The molecule has 0 spiro atoms. The molecule has 0 saturated heterocycles. The first kappa shape index (κ1) is 14.8. The molecule has 18 heavy (non-hydrogen) atoms. The Morgan fingerprint density at radius 2 is 2.06 bits per heavy atom. The second kappa shape index (κ2) is 6.05. The standard InChI is InChI=1S/C14H23NO3/c1-6-9(2)15(8-14(16)17)11(4)13-7-10(3)18-12(13)5/h7,9,11H,6,8H2,1-5H3,(H,16,17). The highest BCUT2D eigenvalue weighted by molar-refractivity contribution is 5.69. The first-order valence-corrected chi connectivity index (χ1v) is 6.41. The van der Waals surface area contributed by atoms with E-state index < -0.39 is 5.97 Å². The monoisotopic (exact) mass is 253 g/mol. The van der Waals surface area contributed by atoms with Gasteiger partial charge in [0, 0.05) is 17.6 Å². The number of carbonyl (C=O) groups is 1. The highest BCUT2D eigenvalue weighted by Crippen LogP contribution is 2.28. The fraction of sp³-hybridized carbons (Fsp3) is 0.643. The molecule has 0 amide bonds. The van der Waals surface area contributed by atoms with E-state index in [1.165, 1.54) is 0 Å². The van der Waals surface area contributed by atoms with Gasteiger partial charge in [0.2, 0.25) is 0 Å². The Bertz CT molecular complexity index is 411. The summed E-state index contributed by atoms with van der Waals surface area (Å²) in [6.07, 6.45) is 0.924. The van der Waals surface area contributed by atoms with Crippen molar-refractivity contribution in [2.45, 2.75) is 53.1 Å². The molecule has 0 aromatic carbocycles. The maximum Gasteiger partial charge on any atom is 0.317 e. The third-order valence-electron chi connectivity index (χ3n) is 3.50. The van der Waals surface area contributed by atoms with Crippen molar-refractivity contribution in [2.24, 2.45) is 0 Å². The van der Waals surface area contributed by atoms with E-state index in [0.29, 0.717) is 0 Å². The van der Waals surface area contributed by atoms with Crippen molar-refractivity contribution in [1.29, 1.82) is 0 Å². The van der Waals surface area contributed by atoms with Crippen LogP contribution in [0, 0.1) is 13.8 Å². The van der Waals surface area contributed by atoms with Crippen LogP contribution in [0.5, 0.6) is 0 Å². The Morgan fingerprint density at radius 3 is 2.44 bits per heavy atom. The highest BCUT2D eigenvalue weighted by atomic mass is 16.4. The zero-order chi connectivity index (χ0) is 13.9. The SMILES string of the molecule is CCC(C)N(CC(=O)O)C(C)c1cc(C)oc1C. The van der Waals surface area contributed by atoms with Crippen LogP contribution in [0.3, 0.4) is 0 Å². The van der Waals surface area contributed by atoms with Crippen molar-refractivity contribution >= 4 is 5.97 Å². The minimum absolute atomic E-state index is 0.0495. The van der Waals surface area contributed by atoms with Crippen LogP contribution in [0.4, 0.5) is 0 Å². The zero-order valence-corrected chi connectivity index (χ0v) is 11.9. The Morgan fingerprint density at radius 1 is 1.44 bits per heavy atom. The zero-order valence-electron chi connectivity index (χ0n) is 11.9. The van der Waals surface area contributed by atoms with Gasteiger partial charge in [-0.3, -0.25) is 9.69 Å². The van der Waals surface area contributed by atoms with Crippen LogP contribution in [-0.2, 0) is 4.79 Å².